The van der Waals surface area contributed by atoms with E-state index in [1.165, 1.54) is 0 Å². The molecule has 0 heterocycles. The van der Waals surface area contributed by atoms with Crippen LogP contribution in [0.2, 0.25) is 0 Å². The number of hydrogen-bond donors (Lipinski definition) is 3. The van der Waals surface area contributed by atoms with Crippen molar-refractivity contribution in [2.45, 2.75) is 19.9 Å². The average molecular weight is 180 g/mol. The number of benzene rings is 1. The summed E-state index contributed by atoms with van der Waals surface area (Å²) >= 11 is 0. The third-order valence-corrected chi connectivity index (χ3v) is 2.26. The summed E-state index contributed by atoms with van der Waals surface area (Å²) in [4.78, 5) is 0. The van der Waals surface area contributed by atoms with E-state index in [0.717, 1.165) is 16.7 Å². The number of hydrogen-bond acceptors (Lipinski definition) is 3. The minimum Gasteiger partial charge on any atom is -0.507 e. The Morgan fingerprint density at radius 2 is 1.85 bits per heavy atom. The summed E-state index contributed by atoms with van der Waals surface area (Å²) in [5, 5.41) is 9.74. The minimum absolute atomic E-state index is 0.276. The maximum atomic E-state index is 9.74. The number of rotatable bonds is 2. The molecule has 5 N–H and O–H groups in total. The SMILES string of the molecule is Cc1ccc(C)c([C@@H](N)CN)c1O. The molecule has 1 rings (SSSR count). The topological polar surface area (TPSA) is 72.3 Å². The van der Waals surface area contributed by atoms with Crippen LogP contribution >= 0.6 is 0 Å². The summed E-state index contributed by atoms with van der Waals surface area (Å²) < 4.78 is 0. The number of nitrogens with two attached hydrogens (primary N) is 2. The summed E-state index contributed by atoms with van der Waals surface area (Å²) in [6.45, 7) is 4.11. The predicted molar refractivity (Wildman–Crippen MR) is 53.6 cm³/mol. The van der Waals surface area contributed by atoms with Crippen LogP contribution in [0.4, 0.5) is 0 Å². The molecular weight excluding hydrogens is 164 g/mol. The Kier molecular flexibility index (Phi) is 2.90. The first-order valence-corrected chi connectivity index (χ1v) is 4.32. The first-order valence-electron chi connectivity index (χ1n) is 4.32. The Balaban J connectivity index is 3.25. The third-order valence-electron chi connectivity index (χ3n) is 2.26. The number of aryl methyl sites for hydroxylation is 2. The lowest BCUT2D eigenvalue weighted by Gasteiger charge is -2.15. The van der Waals surface area contributed by atoms with Gasteiger partial charge in [0.1, 0.15) is 5.75 Å². The molecule has 0 aliphatic carbocycles. The molecule has 3 nitrogen and oxygen atoms in total. The third kappa shape index (κ3) is 1.82. The van der Waals surface area contributed by atoms with Crippen molar-refractivity contribution >= 4 is 0 Å². The van der Waals surface area contributed by atoms with Gasteiger partial charge in [-0.2, -0.15) is 0 Å². The van der Waals surface area contributed by atoms with Gasteiger partial charge in [-0.05, 0) is 25.0 Å². The van der Waals surface area contributed by atoms with Crippen LogP contribution in [-0.2, 0) is 0 Å². The fourth-order valence-electron chi connectivity index (χ4n) is 1.40. The van der Waals surface area contributed by atoms with Gasteiger partial charge in [0.2, 0.25) is 0 Å². The zero-order chi connectivity index (χ0) is 10.0. The van der Waals surface area contributed by atoms with Crippen molar-refractivity contribution in [2.75, 3.05) is 6.54 Å². The van der Waals surface area contributed by atoms with Gasteiger partial charge in [0.05, 0.1) is 0 Å². The van der Waals surface area contributed by atoms with Gasteiger partial charge in [-0.3, -0.25) is 0 Å². The van der Waals surface area contributed by atoms with Crippen LogP contribution < -0.4 is 11.5 Å². The second-order valence-corrected chi connectivity index (χ2v) is 3.30. The summed E-state index contributed by atoms with van der Waals surface area (Å²) in [6.07, 6.45) is 0. The Hall–Kier alpha value is -1.06. The normalized spacial score (nSPS) is 12.9. The molecule has 0 aromatic heterocycles. The van der Waals surface area contributed by atoms with Crippen molar-refractivity contribution < 1.29 is 5.11 Å². The first-order chi connectivity index (χ1) is 6.07. The molecule has 0 aliphatic rings. The highest BCUT2D eigenvalue weighted by Crippen LogP contribution is 2.28. The van der Waals surface area contributed by atoms with Crippen molar-refractivity contribution in [3.05, 3.63) is 28.8 Å². The monoisotopic (exact) mass is 180 g/mol. The predicted octanol–water partition coefficient (Wildman–Crippen LogP) is 0.968. The largest absolute Gasteiger partial charge is 0.507 e. The minimum atomic E-state index is -0.278. The van der Waals surface area contributed by atoms with Crippen molar-refractivity contribution in [3.63, 3.8) is 0 Å². The van der Waals surface area contributed by atoms with Gasteiger partial charge in [-0.15, -0.1) is 0 Å². The van der Waals surface area contributed by atoms with Crippen LogP contribution in [0.5, 0.6) is 5.75 Å². The highest BCUT2D eigenvalue weighted by molar-refractivity contribution is 5.46. The van der Waals surface area contributed by atoms with Crippen LogP contribution in [0.25, 0.3) is 0 Å². The maximum Gasteiger partial charge on any atom is 0.123 e. The van der Waals surface area contributed by atoms with Crippen LogP contribution in [0.15, 0.2) is 12.1 Å². The second-order valence-electron chi connectivity index (χ2n) is 3.30. The molecule has 0 fully saturated rings. The van der Waals surface area contributed by atoms with E-state index in [1.807, 2.05) is 26.0 Å². The molecule has 0 bridgehead atoms. The molecule has 0 saturated carbocycles. The molecule has 3 heteroatoms. The van der Waals surface area contributed by atoms with Crippen molar-refractivity contribution in [1.82, 2.24) is 0 Å². The van der Waals surface area contributed by atoms with Gasteiger partial charge in [-0.25, -0.2) is 0 Å². The molecule has 72 valence electrons. The van der Waals surface area contributed by atoms with E-state index in [1.54, 1.807) is 0 Å². The lowest BCUT2D eigenvalue weighted by atomic mass is 9.98. The first kappa shape index (κ1) is 10.0. The Morgan fingerprint density at radius 1 is 1.31 bits per heavy atom. The second kappa shape index (κ2) is 3.77. The fourth-order valence-corrected chi connectivity index (χ4v) is 1.40. The molecule has 1 aromatic carbocycles. The molecule has 0 unspecified atom stereocenters. The van der Waals surface area contributed by atoms with E-state index in [-0.39, 0.29) is 11.8 Å². The van der Waals surface area contributed by atoms with Crippen molar-refractivity contribution in [1.29, 1.82) is 0 Å². The van der Waals surface area contributed by atoms with Gasteiger partial charge in [0, 0.05) is 18.2 Å². The number of phenols is 1. The molecule has 0 saturated heterocycles. The van der Waals surface area contributed by atoms with E-state index in [4.69, 9.17) is 11.5 Å². The molecular formula is C10H16N2O. The standard InChI is InChI=1S/C10H16N2O/c1-6-3-4-7(2)10(13)9(6)8(12)5-11/h3-4,8,13H,5,11-12H2,1-2H3/t8-/m0/s1. The summed E-state index contributed by atoms with van der Waals surface area (Å²) in [5.41, 5.74) is 13.8. The smallest absolute Gasteiger partial charge is 0.123 e. The average Bonchev–Trinajstić information content (AvgIpc) is 2.12. The van der Waals surface area contributed by atoms with Crippen molar-refractivity contribution in [2.24, 2.45) is 11.5 Å². The summed E-state index contributed by atoms with van der Waals surface area (Å²) in [6, 6.07) is 3.54. The van der Waals surface area contributed by atoms with Gasteiger partial charge in [0.15, 0.2) is 0 Å². The highest BCUT2D eigenvalue weighted by atomic mass is 16.3. The lowest BCUT2D eigenvalue weighted by Crippen LogP contribution is -2.21. The van der Waals surface area contributed by atoms with E-state index < -0.39 is 0 Å². The van der Waals surface area contributed by atoms with Gasteiger partial charge in [-0.1, -0.05) is 12.1 Å². The van der Waals surface area contributed by atoms with Gasteiger partial charge < -0.3 is 16.6 Å². The molecule has 0 aliphatic heterocycles. The van der Waals surface area contributed by atoms with E-state index in [2.05, 4.69) is 0 Å². The van der Waals surface area contributed by atoms with Gasteiger partial charge >= 0.3 is 0 Å². The number of phenolic OH excluding ortho intramolecular Hbond substituents is 1. The van der Waals surface area contributed by atoms with Gasteiger partial charge in [0.25, 0.3) is 0 Å². The lowest BCUT2D eigenvalue weighted by molar-refractivity contribution is 0.457. The van der Waals surface area contributed by atoms with E-state index >= 15 is 0 Å². The Labute approximate surface area is 78.4 Å². The maximum absolute atomic E-state index is 9.74. The van der Waals surface area contributed by atoms with Crippen molar-refractivity contribution in [3.8, 4) is 5.75 Å². The fraction of sp³-hybridized carbons (Fsp3) is 0.400. The van der Waals surface area contributed by atoms with Crippen LogP contribution in [-0.4, -0.2) is 11.7 Å². The summed E-state index contributed by atoms with van der Waals surface area (Å²) in [7, 11) is 0. The Bertz CT molecular complexity index is 310. The molecule has 0 spiro atoms. The molecule has 1 atom stereocenters. The highest BCUT2D eigenvalue weighted by Gasteiger charge is 2.13. The summed E-state index contributed by atoms with van der Waals surface area (Å²) in [5.74, 6) is 0.276. The van der Waals surface area contributed by atoms with E-state index in [0.29, 0.717) is 6.54 Å². The van der Waals surface area contributed by atoms with Crippen LogP contribution in [0, 0.1) is 13.8 Å². The zero-order valence-electron chi connectivity index (χ0n) is 8.04. The number of aromatic hydroxyl groups is 1. The van der Waals surface area contributed by atoms with Crippen LogP contribution in [0.3, 0.4) is 0 Å². The van der Waals surface area contributed by atoms with E-state index in [9.17, 15) is 5.11 Å². The van der Waals surface area contributed by atoms with Crippen LogP contribution in [0.1, 0.15) is 22.7 Å². The molecule has 13 heavy (non-hydrogen) atoms. The molecule has 0 radical (unpaired) electrons. The zero-order valence-corrected chi connectivity index (χ0v) is 8.04. The quantitative estimate of drug-likeness (QED) is 0.635. The molecule has 1 aromatic rings. The molecule has 0 amide bonds. The Morgan fingerprint density at radius 3 is 2.38 bits per heavy atom.